The molecule has 0 saturated heterocycles. The minimum Gasteiger partial charge on any atom is -0.501 e. The first-order valence-corrected chi connectivity index (χ1v) is 29.1. The molecule has 0 fully saturated rings. The van der Waals surface area contributed by atoms with Crippen molar-refractivity contribution in [3.63, 3.8) is 0 Å². The van der Waals surface area contributed by atoms with E-state index in [1.54, 1.807) is 0 Å². The molecular formula is C76H63N5O2Pt. The van der Waals surface area contributed by atoms with Crippen LogP contribution < -0.4 is 4.74 Å². The molecule has 84 heavy (non-hydrogen) atoms. The smallest absolute Gasteiger partial charge is 0.501 e. The second kappa shape index (κ2) is 21.7. The Bertz CT molecular complexity index is 4800. The third kappa shape index (κ3) is 9.30. The van der Waals surface area contributed by atoms with Crippen LogP contribution in [0.5, 0.6) is 11.5 Å². The maximum Gasteiger partial charge on any atom is 2.00 e. The third-order valence-electron chi connectivity index (χ3n) is 16.5. The van der Waals surface area contributed by atoms with Crippen molar-refractivity contribution in [3.8, 4) is 67.9 Å². The van der Waals surface area contributed by atoms with Crippen LogP contribution in [0, 0.1) is 19.1 Å². The van der Waals surface area contributed by atoms with Crippen molar-refractivity contribution < 1.29 is 30.2 Å². The van der Waals surface area contributed by atoms with Gasteiger partial charge in [0.15, 0.2) is 0 Å². The number of aromatic nitrogens is 5. The quantitative estimate of drug-likeness (QED) is 0.0900. The van der Waals surface area contributed by atoms with Gasteiger partial charge in [0.1, 0.15) is 5.58 Å². The van der Waals surface area contributed by atoms with Crippen LogP contribution in [0.15, 0.2) is 199 Å². The first-order chi connectivity index (χ1) is 40.4. The molecule has 14 aromatic rings. The topological polar surface area (TPSA) is 70.9 Å². The molecule has 8 heteroatoms. The van der Waals surface area contributed by atoms with E-state index in [-0.39, 0.29) is 44.7 Å². The Morgan fingerprint density at radius 2 is 0.940 bits per heavy atom. The molecule has 7 nitrogen and oxygen atoms in total. The zero-order valence-electron chi connectivity index (χ0n) is 48.7. The molecule has 10 aromatic carbocycles. The Kier molecular flexibility index (Phi) is 14.0. The van der Waals surface area contributed by atoms with Gasteiger partial charge in [-0.15, -0.1) is 23.8 Å². The van der Waals surface area contributed by atoms with Crippen LogP contribution >= 0.6 is 0 Å². The average Bonchev–Trinajstić information content (AvgIpc) is 1.98. The predicted octanol–water partition coefficient (Wildman–Crippen LogP) is 20.8. The van der Waals surface area contributed by atoms with Gasteiger partial charge in [0.05, 0.1) is 44.8 Å². The number of benzene rings is 10. The molecule has 0 saturated carbocycles. The van der Waals surface area contributed by atoms with Gasteiger partial charge in [0.2, 0.25) is 0 Å². The van der Waals surface area contributed by atoms with Gasteiger partial charge in [-0.2, -0.15) is 0 Å². The van der Waals surface area contributed by atoms with E-state index in [9.17, 15) is 0 Å². The Hall–Kier alpha value is -8.90. The van der Waals surface area contributed by atoms with Crippen LogP contribution in [0.1, 0.15) is 107 Å². The molecule has 0 atom stereocenters. The van der Waals surface area contributed by atoms with E-state index in [4.69, 9.17) is 24.1 Å². The van der Waals surface area contributed by atoms with Crippen molar-refractivity contribution in [3.05, 3.63) is 234 Å². The van der Waals surface area contributed by atoms with Crippen LogP contribution in [-0.4, -0.2) is 24.1 Å². The van der Waals surface area contributed by atoms with Gasteiger partial charge in [-0.25, -0.2) is 0 Å². The van der Waals surface area contributed by atoms with Crippen LogP contribution in [0.4, 0.5) is 0 Å². The largest absolute Gasteiger partial charge is 2.00 e. The van der Waals surface area contributed by atoms with Crippen molar-refractivity contribution >= 4 is 65.7 Å². The normalized spacial score (nSPS) is 12.0. The first-order valence-electron chi connectivity index (χ1n) is 29.1. The fraction of sp³-hybridized carbons (Fsp3) is 0.171. The second-order valence-corrected chi connectivity index (χ2v) is 23.4. The van der Waals surface area contributed by atoms with E-state index in [1.165, 1.54) is 44.5 Å². The SMILES string of the molecule is Cc1ccc2ccc3ccc4oc5c(-c6nc7ccccc7n6-c6c(C(C)C)cc(-c7ccccc7)cc6C(C)C)[c-]c(Oc6[c-]c(-c7nc8ccccc8n7-c7c(C(C)C)cc(-c8ccccc8)cc7C(C)C)ccc6)cc5c4c3c2n1.[Pt+2]. The van der Waals surface area contributed by atoms with Crippen molar-refractivity contribution in [1.29, 1.82) is 0 Å². The number of pyridine rings is 1. The fourth-order valence-corrected chi connectivity index (χ4v) is 12.4. The molecular weight excluding hydrogens is 1210 g/mol. The summed E-state index contributed by atoms with van der Waals surface area (Å²) in [5, 5.41) is 4.96. The summed E-state index contributed by atoms with van der Waals surface area (Å²) in [4.78, 5) is 16.2. The Balaban J connectivity index is 0.00000658. The second-order valence-electron chi connectivity index (χ2n) is 23.4. The van der Waals surface area contributed by atoms with E-state index in [0.29, 0.717) is 28.5 Å². The van der Waals surface area contributed by atoms with Gasteiger partial charge in [-0.05, 0) is 141 Å². The fourth-order valence-electron chi connectivity index (χ4n) is 12.4. The molecule has 14 rings (SSSR count). The average molecular weight is 1270 g/mol. The monoisotopic (exact) mass is 1270 g/mol. The number of nitrogens with zero attached hydrogens (tertiary/aromatic N) is 5. The number of para-hydroxylation sites is 4. The molecule has 0 radical (unpaired) electrons. The summed E-state index contributed by atoms with van der Waals surface area (Å²) in [5.41, 5.74) is 20.5. The Morgan fingerprint density at radius 3 is 1.51 bits per heavy atom. The van der Waals surface area contributed by atoms with E-state index < -0.39 is 0 Å². The number of imidazole rings is 2. The van der Waals surface area contributed by atoms with Gasteiger partial charge >= 0.3 is 21.1 Å². The number of ether oxygens (including phenoxy) is 1. The molecule has 4 heterocycles. The number of aryl methyl sites for hydroxylation is 1. The Labute approximate surface area is 504 Å². The summed E-state index contributed by atoms with van der Waals surface area (Å²) in [6.45, 7) is 20.3. The van der Waals surface area contributed by atoms with Crippen molar-refractivity contribution in [2.75, 3.05) is 0 Å². The van der Waals surface area contributed by atoms with Crippen LogP contribution in [0.3, 0.4) is 0 Å². The molecule has 0 amide bonds. The van der Waals surface area contributed by atoms with Gasteiger partial charge < -0.3 is 18.3 Å². The molecule has 0 N–H and O–H groups in total. The van der Waals surface area contributed by atoms with Gasteiger partial charge in [0.25, 0.3) is 0 Å². The van der Waals surface area contributed by atoms with E-state index >= 15 is 0 Å². The summed E-state index contributed by atoms with van der Waals surface area (Å²) < 4.78 is 19.1. The van der Waals surface area contributed by atoms with Crippen molar-refractivity contribution in [2.45, 2.75) is 86.0 Å². The first kappa shape index (κ1) is 54.4. The number of hydrogen-bond acceptors (Lipinski definition) is 5. The summed E-state index contributed by atoms with van der Waals surface area (Å²) >= 11 is 0. The third-order valence-corrected chi connectivity index (χ3v) is 16.5. The molecule has 0 aliphatic carbocycles. The number of rotatable bonds is 12. The minimum absolute atomic E-state index is 0. The number of hydrogen-bond donors (Lipinski definition) is 0. The summed E-state index contributed by atoms with van der Waals surface area (Å²) in [7, 11) is 0. The molecule has 0 aliphatic rings. The zero-order valence-corrected chi connectivity index (χ0v) is 50.9. The van der Waals surface area contributed by atoms with Gasteiger partial charge in [-0.3, -0.25) is 15.0 Å². The zero-order chi connectivity index (χ0) is 56.8. The van der Waals surface area contributed by atoms with Crippen LogP contribution in [0.25, 0.3) is 122 Å². The molecule has 0 aliphatic heterocycles. The summed E-state index contributed by atoms with van der Waals surface area (Å²) in [6.07, 6.45) is 0. The van der Waals surface area contributed by atoms with Crippen molar-refractivity contribution in [2.24, 2.45) is 0 Å². The van der Waals surface area contributed by atoms with E-state index in [0.717, 1.165) is 88.6 Å². The van der Waals surface area contributed by atoms with Crippen molar-refractivity contribution in [1.82, 2.24) is 24.1 Å². The molecule has 4 aromatic heterocycles. The standard InChI is InChI=1S/C76H63N5O2.Pt/c1-44(2)58-38-54(49-21-12-10-13-22-49)39-59(45(3)4)72(58)80-66-29-18-16-27-64(66)78-75(80)53-25-20-26-56(37-53)82-57-42-62-70-68(36-35-51-33-34-52-32-31-48(9)77-71(52)69(51)70)83-74(62)63(43-57)76-79-65-28-17-19-30-67(65)81(76)73-60(46(5)6)40-55(41-61(73)47(7)8)50-23-14-11-15-24-50;/h10-36,38-42,44-47H,1-9H3;/q-2;+2. The number of furan rings is 1. The molecule has 0 bridgehead atoms. The minimum atomic E-state index is 0. The Morgan fingerprint density at radius 1 is 0.440 bits per heavy atom. The summed E-state index contributed by atoms with van der Waals surface area (Å²) in [6, 6.07) is 76.3. The molecule has 0 unspecified atom stereocenters. The van der Waals surface area contributed by atoms with E-state index in [2.05, 4.69) is 259 Å². The van der Waals surface area contributed by atoms with Gasteiger partial charge in [0, 0.05) is 44.7 Å². The maximum absolute atomic E-state index is 7.22. The molecule has 0 spiro atoms. The van der Waals surface area contributed by atoms with Crippen LogP contribution in [0.2, 0.25) is 0 Å². The predicted molar refractivity (Wildman–Crippen MR) is 343 cm³/mol. The maximum atomic E-state index is 7.22. The number of fused-ring (bicyclic) bond motifs is 9. The molecule has 414 valence electrons. The van der Waals surface area contributed by atoms with Gasteiger partial charge in [-0.1, -0.05) is 194 Å². The summed E-state index contributed by atoms with van der Waals surface area (Å²) in [5.74, 6) is 3.25. The van der Waals surface area contributed by atoms with E-state index in [1.807, 2.05) is 19.1 Å². The van der Waals surface area contributed by atoms with Crippen LogP contribution in [-0.2, 0) is 21.1 Å².